The van der Waals surface area contributed by atoms with Gasteiger partial charge < -0.3 is 18.2 Å². The zero-order chi connectivity index (χ0) is 22.6. The highest BCUT2D eigenvalue weighted by Gasteiger charge is 2.44. The molecule has 0 N–H and O–H groups in total. The highest BCUT2D eigenvalue weighted by atomic mass is 32.2. The van der Waals surface area contributed by atoms with Crippen molar-refractivity contribution in [2.24, 2.45) is 0 Å². The van der Waals surface area contributed by atoms with Gasteiger partial charge in [0.2, 0.25) is 0 Å². The van der Waals surface area contributed by atoms with Gasteiger partial charge >= 0.3 is 8.80 Å². The first-order chi connectivity index (χ1) is 14.9. The van der Waals surface area contributed by atoms with Gasteiger partial charge in [-0.15, -0.1) is 0 Å². The fourth-order valence-corrected chi connectivity index (χ4v) is 7.34. The maximum atomic E-state index is 13.1. The molecule has 10 heteroatoms. The van der Waals surface area contributed by atoms with Gasteiger partial charge in [-0.25, -0.2) is 0 Å². The van der Waals surface area contributed by atoms with Crippen LogP contribution in [0.4, 0.5) is 10.5 Å². The van der Waals surface area contributed by atoms with E-state index < -0.39 is 14.7 Å². The quantitative estimate of drug-likeness (QED) is 0.387. The number of amides is 3. The van der Waals surface area contributed by atoms with Gasteiger partial charge in [-0.2, -0.15) is 0 Å². The Morgan fingerprint density at radius 2 is 1.55 bits per heavy atom. The molecular weight excluding hydrogens is 436 g/mol. The van der Waals surface area contributed by atoms with Crippen LogP contribution in [0.25, 0.3) is 5.57 Å². The minimum Gasteiger partial charge on any atom is -0.374 e. The summed E-state index contributed by atoms with van der Waals surface area (Å²) in [4.78, 5) is 41.4. The topological polar surface area (TPSA) is 85.4 Å². The highest BCUT2D eigenvalue weighted by molar-refractivity contribution is 8.18. The summed E-state index contributed by atoms with van der Waals surface area (Å²) in [6, 6.07) is 7.77. The Morgan fingerprint density at radius 3 is 2.16 bits per heavy atom. The van der Waals surface area contributed by atoms with E-state index in [1.807, 2.05) is 39.0 Å². The second kappa shape index (κ2) is 10.1. The molecule has 2 heterocycles. The lowest BCUT2D eigenvalue weighted by atomic mass is 10.1. The van der Waals surface area contributed by atoms with Crippen molar-refractivity contribution >= 4 is 48.9 Å². The summed E-state index contributed by atoms with van der Waals surface area (Å²) in [6.07, 6.45) is 0.497. The minimum absolute atomic E-state index is 0.190. The summed E-state index contributed by atoms with van der Waals surface area (Å²) in [7, 11) is -1.19. The van der Waals surface area contributed by atoms with E-state index in [2.05, 4.69) is 0 Å². The number of hydrogen-bond donors (Lipinski definition) is 0. The van der Waals surface area contributed by atoms with Gasteiger partial charge in [-0.3, -0.25) is 19.3 Å². The van der Waals surface area contributed by atoms with Crippen LogP contribution < -0.4 is 4.90 Å². The van der Waals surface area contributed by atoms with Crippen molar-refractivity contribution in [3.05, 3.63) is 34.7 Å². The van der Waals surface area contributed by atoms with Crippen molar-refractivity contribution < 1.29 is 27.7 Å². The van der Waals surface area contributed by atoms with E-state index in [1.165, 1.54) is 9.80 Å². The molecule has 3 rings (SSSR count). The van der Waals surface area contributed by atoms with Crippen LogP contribution in [0.2, 0.25) is 6.04 Å². The molecule has 0 aromatic heterocycles. The molecule has 2 aliphatic rings. The fraction of sp³-hybridized carbons (Fsp3) is 0.476. The Bertz CT molecular complexity index is 889. The number of carbonyl (C=O) groups excluding carboxylic acids is 3. The van der Waals surface area contributed by atoms with Crippen LogP contribution in [-0.2, 0) is 22.9 Å². The van der Waals surface area contributed by atoms with Crippen molar-refractivity contribution in [3.8, 4) is 0 Å². The number of likely N-dealkylation sites (N-methyl/N-ethyl adjacent to an activating group) is 1. The average Bonchev–Trinajstić information content (AvgIpc) is 3.16. The van der Waals surface area contributed by atoms with Gasteiger partial charge in [-0.05, 0) is 45.0 Å². The molecule has 0 bridgehead atoms. The summed E-state index contributed by atoms with van der Waals surface area (Å²) in [6.45, 7) is 7.27. The molecule has 8 nitrogen and oxygen atoms in total. The van der Waals surface area contributed by atoms with E-state index in [0.29, 0.717) is 43.4 Å². The molecule has 1 fully saturated rings. The third-order valence-electron chi connectivity index (χ3n) is 5.09. The number of hydrogen-bond acceptors (Lipinski definition) is 7. The Kier molecular flexibility index (Phi) is 7.71. The predicted octanol–water partition coefficient (Wildman–Crippen LogP) is 3.51. The van der Waals surface area contributed by atoms with Crippen molar-refractivity contribution in [1.29, 1.82) is 0 Å². The van der Waals surface area contributed by atoms with Crippen LogP contribution in [0.5, 0.6) is 0 Å². The monoisotopic (exact) mass is 464 g/mol. The zero-order valence-corrected chi connectivity index (χ0v) is 20.1. The molecule has 0 unspecified atom stereocenters. The SMILES string of the molecule is CCO[Si](CCCN1C(=O)S/C(=C2\C(=O)N(C)c3ccccc32)C1=O)(OCC)OCC. The molecule has 0 spiro atoms. The third-order valence-corrected chi connectivity index (χ3v) is 9.22. The number of imide groups is 1. The van der Waals surface area contributed by atoms with E-state index in [4.69, 9.17) is 13.3 Å². The Labute approximate surface area is 187 Å². The second-order valence-corrected chi connectivity index (χ2v) is 10.7. The van der Waals surface area contributed by atoms with E-state index in [-0.39, 0.29) is 22.6 Å². The molecule has 1 aromatic carbocycles. The molecule has 0 saturated carbocycles. The predicted molar refractivity (Wildman–Crippen MR) is 122 cm³/mol. The molecule has 1 aromatic rings. The number of anilines is 1. The highest BCUT2D eigenvalue weighted by Crippen LogP contribution is 2.43. The Hall–Kier alpha value is -1.98. The molecule has 3 amide bonds. The molecule has 31 heavy (non-hydrogen) atoms. The van der Waals surface area contributed by atoms with Crippen molar-refractivity contribution in [2.45, 2.75) is 33.2 Å². The molecule has 1 saturated heterocycles. The summed E-state index contributed by atoms with van der Waals surface area (Å²) < 4.78 is 17.5. The van der Waals surface area contributed by atoms with Crippen molar-refractivity contribution in [3.63, 3.8) is 0 Å². The Balaban J connectivity index is 1.77. The van der Waals surface area contributed by atoms with Gasteiger partial charge in [0, 0.05) is 45.0 Å². The van der Waals surface area contributed by atoms with E-state index in [0.717, 1.165) is 17.4 Å². The number of rotatable bonds is 10. The molecule has 168 valence electrons. The van der Waals surface area contributed by atoms with Crippen LogP contribution in [0.15, 0.2) is 29.2 Å². The van der Waals surface area contributed by atoms with Crippen LogP contribution >= 0.6 is 11.8 Å². The number of carbonyl (C=O) groups is 3. The van der Waals surface area contributed by atoms with Crippen LogP contribution in [-0.4, -0.2) is 64.2 Å². The van der Waals surface area contributed by atoms with Gasteiger partial charge in [0.15, 0.2) is 0 Å². The second-order valence-electron chi connectivity index (χ2n) is 7.00. The lowest BCUT2D eigenvalue weighted by Crippen LogP contribution is -2.46. The summed E-state index contributed by atoms with van der Waals surface area (Å²) in [5.74, 6) is -0.706. The van der Waals surface area contributed by atoms with Crippen LogP contribution in [0, 0.1) is 0 Å². The standard InChI is InChI=1S/C21H28N2O6SSi/c1-5-27-31(28-6-2,29-7-3)14-10-13-23-20(25)18(30-21(23)26)17-15-11-8-9-12-16(15)22(4)19(17)24/h8-9,11-12H,5-7,10,13-14H2,1-4H3/b18-17-. The summed E-state index contributed by atoms with van der Waals surface area (Å²) >= 11 is 0.824. The van der Waals surface area contributed by atoms with Gasteiger partial charge in [0.25, 0.3) is 17.1 Å². The maximum Gasteiger partial charge on any atom is 0.500 e. The normalized spacial score (nSPS) is 19.0. The Morgan fingerprint density at radius 1 is 0.935 bits per heavy atom. The largest absolute Gasteiger partial charge is 0.500 e. The first-order valence-corrected chi connectivity index (χ1v) is 13.2. The van der Waals surface area contributed by atoms with E-state index in [1.54, 1.807) is 13.1 Å². The molecule has 0 aliphatic carbocycles. The number of para-hydroxylation sites is 1. The molecule has 0 atom stereocenters. The lowest BCUT2D eigenvalue weighted by molar-refractivity contribution is -0.123. The molecular formula is C21H28N2O6SSi. The smallest absolute Gasteiger partial charge is 0.374 e. The van der Waals surface area contributed by atoms with Gasteiger partial charge in [-0.1, -0.05) is 18.2 Å². The maximum absolute atomic E-state index is 13.1. The van der Waals surface area contributed by atoms with E-state index >= 15 is 0 Å². The van der Waals surface area contributed by atoms with Crippen molar-refractivity contribution in [2.75, 3.05) is 38.3 Å². The van der Waals surface area contributed by atoms with Gasteiger partial charge in [0.1, 0.15) is 0 Å². The van der Waals surface area contributed by atoms with Crippen molar-refractivity contribution in [1.82, 2.24) is 4.90 Å². The van der Waals surface area contributed by atoms with Gasteiger partial charge in [0.05, 0.1) is 16.2 Å². The zero-order valence-electron chi connectivity index (χ0n) is 18.3. The number of benzene rings is 1. The minimum atomic E-state index is -2.85. The first kappa shape index (κ1) is 23.7. The third kappa shape index (κ3) is 4.63. The first-order valence-electron chi connectivity index (χ1n) is 10.5. The van der Waals surface area contributed by atoms with Crippen LogP contribution in [0.1, 0.15) is 32.8 Å². The summed E-state index contributed by atoms with van der Waals surface area (Å²) in [5.41, 5.74) is 1.71. The molecule has 2 aliphatic heterocycles. The number of nitrogens with zero attached hydrogens (tertiary/aromatic N) is 2. The molecule has 0 radical (unpaired) electrons. The number of thioether (sulfide) groups is 1. The lowest BCUT2D eigenvalue weighted by Gasteiger charge is -2.28. The average molecular weight is 465 g/mol. The number of fused-ring (bicyclic) bond motifs is 1. The fourth-order valence-electron chi connectivity index (χ4n) is 3.79. The van der Waals surface area contributed by atoms with E-state index in [9.17, 15) is 14.4 Å². The summed E-state index contributed by atoms with van der Waals surface area (Å²) in [5, 5.41) is -0.371. The van der Waals surface area contributed by atoms with Crippen LogP contribution in [0.3, 0.4) is 0 Å².